The van der Waals surface area contributed by atoms with Crippen molar-refractivity contribution in [1.29, 1.82) is 0 Å². The summed E-state index contributed by atoms with van der Waals surface area (Å²) in [6.07, 6.45) is 0.774. The lowest BCUT2D eigenvalue weighted by molar-refractivity contribution is -0.121. The molecular formula is C26H28N4O3. The molecule has 170 valence electrons. The molecule has 0 radical (unpaired) electrons. The van der Waals surface area contributed by atoms with Gasteiger partial charge < -0.3 is 10.2 Å². The van der Waals surface area contributed by atoms with Gasteiger partial charge in [-0.25, -0.2) is 4.68 Å². The van der Waals surface area contributed by atoms with Crippen molar-refractivity contribution in [2.24, 2.45) is 5.92 Å². The van der Waals surface area contributed by atoms with E-state index >= 15 is 0 Å². The van der Waals surface area contributed by atoms with Crippen LogP contribution >= 0.6 is 0 Å². The molecule has 0 bridgehead atoms. The van der Waals surface area contributed by atoms with Gasteiger partial charge in [-0.3, -0.25) is 14.4 Å². The van der Waals surface area contributed by atoms with Gasteiger partial charge in [0.2, 0.25) is 5.91 Å². The fourth-order valence-electron chi connectivity index (χ4n) is 3.90. The predicted molar refractivity (Wildman–Crippen MR) is 129 cm³/mol. The van der Waals surface area contributed by atoms with E-state index in [9.17, 15) is 14.4 Å². The Labute approximate surface area is 193 Å². The summed E-state index contributed by atoms with van der Waals surface area (Å²) in [5.74, 6) is -0.780. The number of carbonyl (C=O) groups is 2. The molecule has 0 aliphatic carbocycles. The molecule has 4 rings (SSSR count). The van der Waals surface area contributed by atoms with Gasteiger partial charge >= 0.3 is 0 Å². The second kappa shape index (κ2) is 9.02. The first-order valence-corrected chi connectivity index (χ1v) is 11.2. The van der Waals surface area contributed by atoms with E-state index in [0.717, 1.165) is 28.8 Å². The van der Waals surface area contributed by atoms with Gasteiger partial charge in [0.25, 0.3) is 11.5 Å². The minimum absolute atomic E-state index is 0.112. The van der Waals surface area contributed by atoms with Crippen LogP contribution in [0.15, 0.2) is 59.4 Å². The van der Waals surface area contributed by atoms with Gasteiger partial charge in [0.1, 0.15) is 11.7 Å². The first kappa shape index (κ1) is 22.5. The highest BCUT2D eigenvalue weighted by Crippen LogP contribution is 2.29. The van der Waals surface area contributed by atoms with Crippen molar-refractivity contribution in [3.63, 3.8) is 0 Å². The van der Waals surface area contributed by atoms with Gasteiger partial charge in [0.05, 0.1) is 5.69 Å². The summed E-state index contributed by atoms with van der Waals surface area (Å²) in [6, 6.07) is 16.2. The lowest BCUT2D eigenvalue weighted by atomic mass is 10.1. The zero-order valence-electron chi connectivity index (χ0n) is 19.3. The van der Waals surface area contributed by atoms with Crippen LogP contribution in [0.3, 0.4) is 0 Å². The smallest absolute Gasteiger partial charge is 0.291 e. The Morgan fingerprint density at radius 1 is 1.03 bits per heavy atom. The van der Waals surface area contributed by atoms with Crippen LogP contribution in [0.4, 0.5) is 11.4 Å². The fourth-order valence-corrected chi connectivity index (χ4v) is 3.90. The summed E-state index contributed by atoms with van der Waals surface area (Å²) < 4.78 is 1.19. The summed E-state index contributed by atoms with van der Waals surface area (Å²) in [5.41, 5.74) is 3.98. The van der Waals surface area contributed by atoms with Crippen molar-refractivity contribution in [2.45, 2.75) is 40.2 Å². The molecule has 1 N–H and O–H groups in total. The number of aromatic nitrogens is 2. The zero-order chi connectivity index (χ0) is 23.7. The Morgan fingerprint density at radius 2 is 1.73 bits per heavy atom. The first-order chi connectivity index (χ1) is 15.8. The van der Waals surface area contributed by atoms with Gasteiger partial charge in [-0.15, -0.1) is 0 Å². The number of anilines is 2. The van der Waals surface area contributed by atoms with Crippen LogP contribution in [0.25, 0.3) is 11.3 Å². The summed E-state index contributed by atoms with van der Waals surface area (Å²) in [6.45, 7) is 7.73. The molecule has 33 heavy (non-hydrogen) atoms. The van der Waals surface area contributed by atoms with Crippen LogP contribution in [0.5, 0.6) is 0 Å². The van der Waals surface area contributed by atoms with Gasteiger partial charge in [0.15, 0.2) is 0 Å². The summed E-state index contributed by atoms with van der Waals surface area (Å²) in [5, 5.41) is 7.25. The molecule has 2 amide bonds. The van der Waals surface area contributed by atoms with Crippen LogP contribution in [-0.4, -0.2) is 28.1 Å². The number of carbonyl (C=O) groups excluding carboxylic acids is 2. The maximum Gasteiger partial charge on any atom is 0.291 e. The molecule has 7 nitrogen and oxygen atoms in total. The number of rotatable bonds is 5. The highest BCUT2D eigenvalue weighted by atomic mass is 16.2. The average molecular weight is 445 g/mol. The van der Waals surface area contributed by atoms with E-state index in [1.807, 2.05) is 55.5 Å². The molecule has 2 aromatic carbocycles. The Hall–Kier alpha value is -3.74. The van der Waals surface area contributed by atoms with E-state index in [2.05, 4.69) is 10.4 Å². The number of hydrogen-bond donors (Lipinski definition) is 1. The lowest BCUT2D eigenvalue weighted by Gasteiger charge is -2.23. The van der Waals surface area contributed by atoms with Gasteiger partial charge in [-0.1, -0.05) is 61.9 Å². The normalized spacial score (nSPS) is 13.7. The van der Waals surface area contributed by atoms with E-state index < -0.39 is 11.6 Å². The molecule has 3 aromatic rings. The molecule has 2 heterocycles. The van der Waals surface area contributed by atoms with Crippen molar-refractivity contribution < 1.29 is 9.59 Å². The van der Waals surface area contributed by atoms with Crippen molar-refractivity contribution in [1.82, 2.24) is 9.78 Å². The average Bonchev–Trinajstić information content (AvgIpc) is 3.24. The summed E-state index contributed by atoms with van der Waals surface area (Å²) >= 11 is 0. The third-order valence-electron chi connectivity index (χ3n) is 5.94. The molecule has 7 heteroatoms. The van der Waals surface area contributed by atoms with Crippen molar-refractivity contribution in [3.05, 3.63) is 76.1 Å². The Kier molecular flexibility index (Phi) is 6.14. The zero-order valence-corrected chi connectivity index (χ0v) is 19.3. The predicted octanol–water partition coefficient (Wildman–Crippen LogP) is 3.96. The molecule has 0 spiro atoms. The van der Waals surface area contributed by atoms with Gasteiger partial charge in [-0.2, -0.15) is 5.10 Å². The van der Waals surface area contributed by atoms with E-state index in [1.54, 1.807) is 31.7 Å². The van der Waals surface area contributed by atoms with Crippen LogP contribution in [0, 0.1) is 12.8 Å². The molecule has 0 fully saturated rings. The van der Waals surface area contributed by atoms with Crippen LogP contribution in [0.2, 0.25) is 0 Å². The van der Waals surface area contributed by atoms with Gasteiger partial charge in [-0.05, 0) is 38.0 Å². The number of nitrogens with zero attached hydrogens (tertiary/aromatic N) is 3. The van der Waals surface area contributed by atoms with E-state index in [1.165, 1.54) is 4.68 Å². The fraction of sp³-hybridized carbons (Fsp3) is 0.308. The molecule has 1 aliphatic heterocycles. The van der Waals surface area contributed by atoms with Gasteiger partial charge in [0, 0.05) is 23.7 Å². The number of fused-ring (bicyclic) bond motifs is 1. The third-order valence-corrected chi connectivity index (χ3v) is 5.94. The van der Waals surface area contributed by atoms with Crippen LogP contribution in [0.1, 0.15) is 37.9 Å². The number of amides is 2. The molecule has 0 saturated carbocycles. The Bertz CT molecular complexity index is 1260. The quantitative estimate of drug-likeness (QED) is 0.646. The van der Waals surface area contributed by atoms with Crippen molar-refractivity contribution >= 4 is 23.2 Å². The molecule has 1 aromatic heterocycles. The standard InChI is InChI=1S/C26H28N4O3/c1-16(2)24(31)27-22-15-21(19-11-9-17(3)10-12-19)28-30(26(22)33)18(4)25(32)29-14-13-20-7-5-6-8-23(20)29/h5-12,15-16,18H,13-14H2,1-4H3,(H,27,31). The number of hydrogen-bond acceptors (Lipinski definition) is 4. The van der Waals surface area contributed by atoms with Crippen molar-refractivity contribution in [2.75, 3.05) is 16.8 Å². The summed E-state index contributed by atoms with van der Waals surface area (Å²) in [7, 11) is 0. The maximum absolute atomic E-state index is 13.4. The highest BCUT2D eigenvalue weighted by Gasteiger charge is 2.30. The Balaban J connectivity index is 1.76. The minimum atomic E-state index is -0.844. The summed E-state index contributed by atoms with van der Waals surface area (Å²) in [4.78, 5) is 40.8. The molecule has 0 saturated heterocycles. The molecular weight excluding hydrogens is 416 g/mol. The second-order valence-corrected chi connectivity index (χ2v) is 8.75. The number of nitrogens with one attached hydrogen (secondary N) is 1. The van der Waals surface area contributed by atoms with E-state index in [0.29, 0.717) is 12.2 Å². The number of aryl methyl sites for hydroxylation is 1. The highest BCUT2D eigenvalue weighted by molar-refractivity contribution is 5.98. The maximum atomic E-state index is 13.4. The first-order valence-electron chi connectivity index (χ1n) is 11.2. The topological polar surface area (TPSA) is 84.3 Å². The van der Waals surface area contributed by atoms with Crippen LogP contribution in [-0.2, 0) is 16.0 Å². The SMILES string of the molecule is Cc1ccc(-c2cc(NC(=O)C(C)C)c(=O)n(C(C)C(=O)N3CCc4ccccc43)n2)cc1. The third kappa shape index (κ3) is 4.44. The molecule has 1 aliphatic rings. The number of benzene rings is 2. The lowest BCUT2D eigenvalue weighted by Crippen LogP contribution is -2.40. The monoisotopic (exact) mass is 444 g/mol. The minimum Gasteiger partial charge on any atom is -0.321 e. The second-order valence-electron chi connectivity index (χ2n) is 8.75. The number of para-hydroxylation sites is 1. The molecule has 1 unspecified atom stereocenters. The molecule has 1 atom stereocenters. The van der Waals surface area contributed by atoms with E-state index in [-0.39, 0.29) is 23.4 Å². The van der Waals surface area contributed by atoms with Crippen molar-refractivity contribution in [3.8, 4) is 11.3 Å². The van der Waals surface area contributed by atoms with E-state index in [4.69, 9.17) is 0 Å². The Morgan fingerprint density at radius 3 is 2.42 bits per heavy atom. The van der Waals surface area contributed by atoms with Crippen LogP contribution < -0.4 is 15.8 Å². The largest absolute Gasteiger partial charge is 0.321 e.